The van der Waals surface area contributed by atoms with Crippen molar-refractivity contribution in [2.75, 3.05) is 13.2 Å². The molecule has 1 aromatic rings. The largest absolute Gasteiger partial charge is 0.507 e. The zero-order valence-electron chi connectivity index (χ0n) is 11.2. The minimum atomic E-state index is -1.08. The van der Waals surface area contributed by atoms with Crippen LogP contribution in [-0.2, 0) is 16.0 Å². The highest BCUT2D eigenvalue weighted by Crippen LogP contribution is 2.27. The summed E-state index contributed by atoms with van der Waals surface area (Å²) >= 11 is 3.18. The maximum Gasteiger partial charge on any atom is 0.326 e. The lowest BCUT2D eigenvalue weighted by Crippen LogP contribution is -2.43. The number of likely N-dealkylation sites (tertiary alicyclic amines) is 1. The van der Waals surface area contributed by atoms with Crippen LogP contribution < -0.4 is 0 Å². The Labute approximate surface area is 130 Å². The van der Waals surface area contributed by atoms with Crippen molar-refractivity contribution in [2.24, 2.45) is 5.92 Å². The van der Waals surface area contributed by atoms with Crippen molar-refractivity contribution in [2.45, 2.75) is 18.9 Å². The van der Waals surface area contributed by atoms with Crippen LogP contribution in [0.5, 0.6) is 5.75 Å². The number of carbonyl (C=O) groups excluding carboxylic acids is 1. The summed E-state index contributed by atoms with van der Waals surface area (Å²) in [5, 5.41) is 27.9. The number of carbonyl (C=O) groups is 2. The minimum absolute atomic E-state index is 0.0724. The summed E-state index contributed by atoms with van der Waals surface area (Å²) in [6, 6.07) is 3.77. The first kappa shape index (κ1) is 15.8. The second-order valence-electron chi connectivity index (χ2n) is 5.14. The van der Waals surface area contributed by atoms with Gasteiger partial charge >= 0.3 is 5.97 Å². The number of aliphatic hydroxyl groups excluding tert-OH is 1. The van der Waals surface area contributed by atoms with Crippen LogP contribution in [0.25, 0.3) is 0 Å². The van der Waals surface area contributed by atoms with Crippen LogP contribution in [-0.4, -0.2) is 51.3 Å². The Balaban J connectivity index is 2.18. The van der Waals surface area contributed by atoms with E-state index in [1.165, 1.54) is 11.0 Å². The molecule has 0 bridgehead atoms. The zero-order valence-corrected chi connectivity index (χ0v) is 12.8. The number of nitrogens with zero attached hydrogens (tertiary/aromatic N) is 1. The SMILES string of the molecule is O=C(O)[C@H](Cc1ccc(O)c(Br)c1)N1CC(CO)CC1=O. The number of benzene rings is 1. The number of amides is 1. The van der Waals surface area contributed by atoms with E-state index in [4.69, 9.17) is 5.11 Å². The molecule has 6 nitrogen and oxygen atoms in total. The van der Waals surface area contributed by atoms with Crippen molar-refractivity contribution in [3.05, 3.63) is 28.2 Å². The molecule has 1 aromatic carbocycles. The summed E-state index contributed by atoms with van der Waals surface area (Å²) in [5.74, 6) is -1.46. The van der Waals surface area contributed by atoms with Crippen LogP contribution in [0.1, 0.15) is 12.0 Å². The van der Waals surface area contributed by atoms with Gasteiger partial charge in [-0.3, -0.25) is 4.79 Å². The van der Waals surface area contributed by atoms with E-state index in [1.807, 2.05) is 0 Å². The van der Waals surface area contributed by atoms with Gasteiger partial charge in [0.2, 0.25) is 5.91 Å². The molecular weight excluding hydrogens is 342 g/mol. The van der Waals surface area contributed by atoms with Crippen molar-refractivity contribution >= 4 is 27.8 Å². The predicted octanol–water partition coefficient (Wildman–Crippen LogP) is 0.991. The van der Waals surface area contributed by atoms with Crippen molar-refractivity contribution < 1.29 is 24.9 Å². The quantitative estimate of drug-likeness (QED) is 0.729. The van der Waals surface area contributed by atoms with Crippen LogP contribution >= 0.6 is 15.9 Å². The van der Waals surface area contributed by atoms with Gasteiger partial charge in [-0.2, -0.15) is 0 Å². The van der Waals surface area contributed by atoms with E-state index in [0.29, 0.717) is 10.0 Å². The van der Waals surface area contributed by atoms with Crippen LogP contribution in [0.3, 0.4) is 0 Å². The molecule has 1 saturated heterocycles. The molecule has 0 spiro atoms. The Morgan fingerprint density at radius 2 is 2.19 bits per heavy atom. The molecular formula is C14H16BrNO5. The van der Waals surface area contributed by atoms with Crippen LogP contribution in [0.15, 0.2) is 22.7 Å². The van der Waals surface area contributed by atoms with Crippen molar-refractivity contribution in [3.8, 4) is 5.75 Å². The minimum Gasteiger partial charge on any atom is -0.507 e. The molecule has 1 amide bonds. The van der Waals surface area contributed by atoms with Gasteiger partial charge < -0.3 is 20.2 Å². The van der Waals surface area contributed by atoms with E-state index >= 15 is 0 Å². The number of aromatic hydroxyl groups is 1. The fourth-order valence-electron chi connectivity index (χ4n) is 2.46. The lowest BCUT2D eigenvalue weighted by Gasteiger charge is -2.24. The first-order valence-electron chi connectivity index (χ1n) is 6.53. The highest BCUT2D eigenvalue weighted by atomic mass is 79.9. The van der Waals surface area contributed by atoms with Crippen LogP contribution in [0, 0.1) is 5.92 Å². The van der Waals surface area contributed by atoms with Gasteiger partial charge in [0.05, 0.1) is 4.47 Å². The van der Waals surface area contributed by atoms with Crippen LogP contribution in [0.4, 0.5) is 0 Å². The average molecular weight is 358 g/mol. The highest BCUT2D eigenvalue weighted by Gasteiger charge is 2.37. The summed E-state index contributed by atoms with van der Waals surface area (Å²) in [4.78, 5) is 24.7. The Hall–Kier alpha value is -1.60. The Morgan fingerprint density at radius 1 is 1.48 bits per heavy atom. The van der Waals surface area contributed by atoms with E-state index in [9.17, 15) is 19.8 Å². The molecule has 0 aliphatic carbocycles. The Kier molecular flexibility index (Phi) is 4.84. The molecule has 1 aliphatic rings. The van der Waals surface area contributed by atoms with Gasteiger partial charge in [-0.15, -0.1) is 0 Å². The molecule has 2 rings (SSSR count). The molecule has 114 valence electrons. The van der Waals surface area contributed by atoms with E-state index in [2.05, 4.69) is 15.9 Å². The molecule has 1 unspecified atom stereocenters. The van der Waals surface area contributed by atoms with Gasteiger partial charge in [-0.25, -0.2) is 4.79 Å². The van der Waals surface area contributed by atoms with Crippen LogP contribution in [0.2, 0.25) is 0 Å². The summed E-state index contributed by atoms with van der Waals surface area (Å²) in [7, 11) is 0. The maximum absolute atomic E-state index is 11.9. The predicted molar refractivity (Wildman–Crippen MR) is 77.8 cm³/mol. The number of phenolic OH excluding ortho intramolecular Hbond substituents is 1. The molecule has 0 aromatic heterocycles. The summed E-state index contributed by atoms with van der Waals surface area (Å²) in [6.07, 6.45) is 0.331. The first-order valence-corrected chi connectivity index (χ1v) is 7.32. The lowest BCUT2D eigenvalue weighted by atomic mass is 10.0. The Bertz CT molecular complexity index is 562. The number of halogens is 1. The smallest absolute Gasteiger partial charge is 0.326 e. The number of hydrogen-bond donors (Lipinski definition) is 3. The third kappa shape index (κ3) is 3.54. The second kappa shape index (κ2) is 6.44. The number of hydrogen-bond acceptors (Lipinski definition) is 4. The number of rotatable bonds is 5. The van der Waals surface area contributed by atoms with Gasteiger partial charge in [0.1, 0.15) is 11.8 Å². The third-order valence-corrected chi connectivity index (χ3v) is 4.23. The highest BCUT2D eigenvalue weighted by molar-refractivity contribution is 9.10. The number of phenols is 1. The molecule has 1 aliphatic heterocycles. The van der Waals surface area contributed by atoms with E-state index in [0.717, 1.165) is 0 Å². The molecule has 0 radical (unpaired) electrons. The first-order chi connectivity index (χ1) is 9.92. The van der Waals surface area contributed by atoms with E-state index < -0.39 is 12.0 Å². The molecule has 21 heavy (non-hydrogen) atoms. The normalized spacial score (nSPS) is 19.8. The molecule has 0 saturated carbocycles. The fourth-order valence-corrected chi connectivity index (χ4v) is 2.89. The number of aliphatic hydroxyl groups is 1. The summed E-state index contributed by atoms with van der Waals surface area (Å²) < 4.78 is 0.477. The number of aliphatic carboxylic acids is 1. The monoisotopic (exact) mass is 357 g/mol. The molecule has 7 heteroatoms. The van der Waals surface area contributed by atoms with Gasteiger partial charge in [-0.1, -0.05) is 6.07 Å². The second-order valence-corrected chi connectivity index (χ2v) is 6.00. The number of carboxylic acids is 1. The van der Waals surface area contributed by atoms with Gasteiger partial charge in [-0.05, 0) is 33.6 Å². The third-order valence-electron chi connectivity index (χ3n) is 3.60. The van der Waals surface area contributed by atoms with Crippen molar-refractivity contribution in [1.29, 1.82) is 0 Å². The average Bonchev–Trinajstić information content (AvgIpc) is 2.80. The van der Waals surface area contributed by atoms with E-state index in [-0.39, 0.29) is 43.6 Å². The Morgan fingerprint density at radius 3 is 2.71 bits per heavy atom. The summed E-state index contributed by atoms with van der Waals surface area (Å²) in [6.45, 7) is 0.130. The standard InChI is InChI=1S/C14H16BrNO5/c15-10-3-8(1-2-12(10)18)4-11(14(20)21)16-6-9(7-17)5-13(16)19/h1-3,9,11,17-18H,4-7H2,(H,20,21)/t9?,11-/m0/s1. The molecule has 3 N–H and O–H groups in total. The number of carboxylic acid groups (broad SMARTS) is 1. The van der Waals surface area contributed by atoms with Gasteiger partial charge in [0.25, 0.3) is 0 Å². The van der Waals surface area contributed by atoms with Crippen molar-refractivity contribution in [1.82, 2.24) is 4.90 Å². The van der Waals surface area contributed by atoms with E-state index in [1.54, 1.807) is 12.1 Å². The topological polar surface area (TPSA) is 98.1 Å². The maximum atomic E-state index is 11.9. The lowest BCUT2D eigenvalue weighted by molar-refractivity contribution is -0.148. The van der Waals surface area contributed by atoms with Crippen molar-refractivity contribution in [3.63, 3.8) is 0 Å². The fraction of sp³-hybridized carbons (Fsp3) is 0.429. The van der Waals surface area contributed by atoms with Gasteiger partial charge in [0, 0.05) is 31.9 Å². The molecule has 2 atom stereocenters. The summed E-state index contributed by atoms with van der Waals surface area (Å²) in [5.41, 5.74) is 0.701. The zero-order chi connectivity index (χ0) is 15.6. The van der Waals surface area contributed by atoms with Gasteiger partial charge in [0.15, 0.2) is 0 Å². The molecule has 1 heterocycles. The molecule has 1 fully saturated rings.